The second-order valence-corrected chi connectivity index (χ2v) is 9.77. The zero-order valence-electron chi connectivity index (χ0n) is 21.3. The zero-order valence-corrected chi connectivity index (χ0v) is 22.0. The van der Waals surface area contributed by atoms with Crippen LogP contribution in [0.1, 0.15) is 5.56 Å². The molecule has 0 spiro atoms. The predicted molar refractivity (Wildman–Crippen MR) is 148 cm³/mol. The van der Waals surface area contributed by atoms with E-state index in [1.807, 2.05) is 29.1 Å². The molecule has 11 heteroatoms. The maximum Gasteiger partial charge on any atom is 0.227 e. The number of aliphatic hydroxyl groups excluding tert-OH is 1. The van der Waals surface area contributed by atoms with Crippen molar-refractivity contribution in [3.05, 3.63) is 59.5 Å². The van der Waals surface area contributed by atoms with Crippen molar-refractivity contribution in [2.45, 2.75) is 6.61 Å². The van der Waals surface area contributed by atoms with Crippen molar-refractivity contribution < 1.29 is 14.6 Å². The number of fused-ring (bicyclic) bond motifs is 1. The van der Waals surface area contributed by atoms with E-state index in [1.54, 1.807) is 19.2 Å². The maximum absolute atomic E-state index is 9.90. The first-order valence-electron chi connectivity index (χ1n) is 12.7. The summed E-state index contributed by atoms with van der Waals surface area (Å²) in [6, 6.07) is 9.73. The molecule has 0 atom stereocenters. The van der Waals surface area contributed by atoms with E-state index in [2.05, 4.69) is 31.8 Å². The highest BCUT2D eigenvalue weighted by atomic mass is 35.5. The molecule has 2 aliphatic rings. The molecule has 5 heterocycles. The normalized spacial score (nSPS) is 16.3. The minimum Gasteiger partial charge on any atom is -0.495 e. The average Bonchev–Trinajstić information content (AvgIpc) is 3.41. The minimum absolute atomic E-state index is 0.134. The lowest BCUT2D eigenvalue weighted by Crippen LogP contribution is -2.47. The van der Waals surface area contributed by atoms with Gasteiger partial charge in [-0.2, -0.15) is 4.98 Å². The number of benzene rings is 1. The number of hydrogen-bond donors (Lipinski definition) is 1. The number of morpholine rings is 1. The van der Waals surface area contributed by atoms with E-state index in [9.17, 15) is 5.11 Å². The molecule has 0 radical (unpaired) electrons. The van der Waals surface area contributed by atoms with Crippen LogP contribution < -0.4 is 19.4 Å². The molecule has 0 saturated carbocycles. The molecule has 0 unspecified atom stereocenters. The van der Waals surface area contributed by atoms with E-state index in [0.717, 1.165) is 86.8 Å². The van der Waals surface area contributed by atoms with E-state index in [1.165, 1.54) is 0 Å². The van der Waals surface area contributed by atoms with Crippen LogP contribution in [0.25, 0.3) is 16.9 Å². The molecule has 0 bridgehead atoms. The fourth-order valence-corrected chi connectivity index (χ4v) is 5.28. The Morgan fingerprint density at radius 2 is 1.76 bits per heavy atom. The molecular weight excluding hydrogens is 506 g/mol. The summed E-state index contributed by atoms with van der Waals surface area (Å²) in [7, 11) is 1.56. The number of imidazole rings is 1. The third-order valence-corrected chi connectivity index (χ3v) is 7.45. The number of halogens is 1. The molecular formula is C27H30ClN7O3. The van der Waals surface area contributed by atoms with Crippen molar-refractivity contribution in [1.82, 2.24) is 19.4 Å². The number of aliphatic hydroxyl groups is 1. The third kappa shape index (κ3) is 4.82. The molecule has 2 fully saturated rings. The van der Waals surface area contributed by atoms with Gasteiger partial charge in [-0.1, -0.05) is 11.6 Å². The van der Waals surface area contributed by atoms with Crippen LogP contribution in [0.4, 0.5) is 17.5 Å². The van der Waals surface area contributed by atoms with Crippen LogP contribution in [0, 0.1) is 0 Å². The summed E-state index contributed by atoms with van der Waals surface area (Å²) >= 11 is 6.37. The Labute approximate surface area is 226 Å². The Balaban J connectivity index is 1.17. The van der Waals surface area contributed by atoms with Crippen LogP contribution in [-0.2, 0) is 11.3 Å². The number of aromatic nitrogens is 4. The third-order valence-electron chi connectivity index (χ3n) is 7.16. The molecule has 1 N–H and O–H groups in total. The first-order chi connectivity index (χ1) is 18.6. The summed E-state index contributed by atoms with van der Waals surface area (Å²) in [5.41, 5.74) is 4.20. The number of nitrogens with zero attached hydrogens (tertiary/aromatic N) is 7. The Morgan fingerprint density at radius 1 is 0.974 bits per heavy atom. The van der Waals surface area contributed by atoms with E-state index < -0.39 is 0 Å². The van der Waals surface area contributed by atoms with Gasteiger partial charge in [0.25, 0.3) is 0 Å². The highest BCUT2D eigenvalue weighted by Gasteiger charge is 2.22. The highest BCUT2D eigenvalue weighted by Crippen LogP contribution is 2.34. The van der Waals surface area contributed by atoms with Gasteiger partial charge in [0.1, 0.15) is 17.2 Å². The standard InChI is InChI=1S/C27H30ClN7O3/c1-37-24-14-19(18-36)21(16-22(24)28)23-17-35-5-3-20(15-26(35)30-23)32-6-8-34(9-7-32)27-29-4-2-25(31-27)33-10-12-38-13-11-33/h2-5,14-17,36H,6-13,18H2,1H3. The predicted octanol–water partition coefficient (Wildman–Crippen LogP) is 3.11. The van der Waals surface area contributed by atoms with Crippen LogP contribution in [0.3, 0.4) is 0 Å². The van der Waals surface area contributed by atoms with Gasteiger partial charge in [0, 0.05) is 75.2 Å². The zero-order chi connectivity index (χ0) is 26.1. The van der Waals surface area contributed by atoms with Gasteiger partial charge in [0.2, 0.25) is 5.95 Å². The lowest BCUT2D eigenvalue weighted by Gasteiger charge is -2.36. The number of hydrogen-bond acceptors (Lipinski definition) is 9. The molecule has 0 amide bonds. The number of piperazine rings is 1. The summed E-state index contributed by atoms with van der Waals surface area (Å²) in [6.45, 7) is 6.43. The number of anilines is 3. The molecule has 0 aliphatic carbocycles. The Kier molecular flexibility index (Phi) is 6.92. The molecule has 10 nitrogen and oxygen atoms in total. The first kappa shape index (κ1) is 24.7. The number of ether oxygens (including phenoxy) is 2. The number of rotatable bonds is 6. The molecule has 6 rings (SSSR count). The second-order valence-electron chi connectivity index (χ2n) is 9.37. The van der Waals surface area contributed by atoms with Crippen molar-refractivity contribution in [3.8, 4) is 17.0 Å². The summed E-state index contributed by atoms with van der Waals surface area (Å²) in [5.74, 6) is 2.27. The van der Waals surface area contributed by atoms with Gasteiger partial charge >= 0.3 is 0 Å². The van der Waals surface area contributed by atoms with Crippen LogP contribution in [-0.4, -0.2) is 84.1 Å². The molecule has 2 saturated heterocycles. The largest absolute Gasteiger partial charge is 0.495 e. The lowest BCUT2D eigenvalue weighted by molar-refractivity contribution is 0.122. The molecule has 3 aromatic heterocycles. The smallest absolute Gasteiger partial charge is 0.227 e. The molecule has 198 valence electrons. The van der Waals surface area contributed by atoms with Gasteiger partial charge in [-0.25, -0.2) is 9.97 Å². The summed E-state index contributed by atoms with van der Waals surface area (Å²) < 4.78 is 12.8. The second kappa shape index (κ2) is 10.6. The van der Waals surface area contributed by atoms with Gasteiger partial charge in [-0.15, -0.1) is 0 Å². The van der Waals surface area contributed by atoms with Gasteiger partial charge in [0.05, 0.1) is 37.6 Å². The highest BCUT2D eigenvalue weighted by molar-refractivity contribution is 6.32. The molecule has 1 aromatic carbocycles. The topological polar surface area (TPSA) is 91.5 Å². The first-order valence-corrected chi connectivity index (χ1v) is 13.1. The Bertz CT molecular complexity index is 1430. The number of methoxy groups -OCH3 is 1. The van der Waals surface area contributed by atoms with Gasteiger partial charge in [0.15, 0.2) is 0 Å². The Morgan fingerprint density at radius 3 is 2.53 bits per heavy atom. The van der Waals surface area contributed by atoms with Crippen molar-refractivity contribution in [2.75, 3.05) is 74.3 Å². The van der Waals surface area contributed by atoms with Gasteiger partial charge < -0.3 is 33.7 Å². The fourth-order valence-electron chi connectivity index (χ4n) is 5.04. The SMILES string of the molecule is COc1cc(CO)c(-c2cn3ccc(N4CCN(c5nccc(N6CCOCC6)n5)CC4)cc3n2)cc1Cl. The van der Waals surface area contributed by atoms with Crippen molar-refractivity contribution >= 4 is 34.7 Å². The van der Waals surface area contributed by atoms with Crippen LogP contribution in [0.2, 0.25) is 5.02 Å². The minimum atomic E-state index is -0.134. The van der Waals surface area contributed by atoms with Crippen LogP contribution in [0.5, 0.6) is 5.75 Å². The fraction of sp³-hybridized carbons (Fsp3) is 0.370. The maximum atomic E-state index is 9.90. The molecule has 2 aliphatic heterocycles. The van der Waals surface area contributed by atoms with E-state index in [0.29, 0.717) is 16.3 Å². The van der Waals surface area contributed by atoms with Gasteiger partial charge in [-0.3, -0.25) is 0 Å². The monoisotopic (exact) mass is 535 g/mol. The number of pyridine rings is 1. The summed E-state index contributed by atoms with van der Waals surface area (Å²) in [5, 5.41) is 10.4. The van der Waals surface area contributed by atoms with Crippen LogP contribution >= 0.6 is 11.6 Å². The quantitative estimate of drug-likeness (QED) is 0.400. The van der Waals surface area contributed by atoms with Crippen molar-refractivity contribution in [2.24, 2.45) is 0 Å². The van der Waals surface area contributed by atoms with Crippen molar-refractivity contribution in [3.63, 3.8) is 0 Å². The van der Waals surface area contributed by atoms with E-state index in [4.69, 9.17) is 31.0 Å². The summed E-state index contributed by atoms with van der Waals surface area (Å²) in [6.07, 6.45) is 5.82. The Hall–Kier alpha value is -3.60. The molecule has 38 heavy (non-hydrogen) atoms. The van der Waals surface area contributed by atoms with Crippen LogP contribution in [0.15, 0.2) is 48.9 Å². The van der Waals surface area contributed by atoms with E-state index >= 15 is 0 Å². The lowest BCUT2D eigenvalue weighted by atomic mass is 10.1. The molecule has 4 aromatic rings. The van der Waals surface area contributed by atoms with E-state index in [-0.39, 0.29) is 6.61 Å². The van der Waals surface area contributed by atoms with Gasteiger partial charge in [-0.05, 0) is 29.8 Å². The van der Waals surface area contributed by atoms with Crippen molar-refractivity contribution in [1.29, 1.82) is 0 Å². The average molecular weight is 536 g/mol. The summed E-state index contributed by atoms with van der Waals surface area (Å²) in [4.78, 5) is 21.1.